The Morgan fingerprint density at radius 1 is 1.25 bits per heavy atom. The summed E-state index contributed by atoms with van der Waals surface area (Å²) in [6.07, 6.45) is -0.886. The van der Waals surface area contributed by atoms with Gasteiger partial charge in [-0.2, -0.15) is 5.10 Å². The Balaban J connectivity index is 2.31. The molecular weight excluding hydrogens is 330 g/mol. The van der Waals surface area contributed by atoms with Crippen molar-refractivity contribution < 1.29 is 13.9 Å². The number of halogens is 3. The second-order valence-electron chi connectivity index (χ2n) is 4.47. The van der Waals surface area contributed by atoms with Crippen molar-refractivity contribution in [2.45, 2.75) is 32.4 Å². The number of aromatic nitrogens is 2. The molecule has 1 unspecified atom stereocenters. The predicted molar refractivity (Wildman–Crippen MR) is 75.7 cm³/mol. The van der Waals surface area contributed by atoms with Crippen LogP contribution in [-0.2, 0) is 6.54 Å². The Morgan fingerprint density at radius 3 is 2.40 bits per heavy atom. The fraction of sp³-hybridized carbons (Fsp3) is 0.357. The van der Waals surface area contributed by atoms with Crippen LogP contribution in [0.1, 0.15) is 42.7 Å². The lowest BCUT2D eigenvalue weighted by Gasteiger charge is -2.14. The molecule has 1 heterocycles. The summed E-state index contributed by atoms with van der Waals surface area (Å²) in [5.41, 5.74) is 1.15. The Hall–Kier alpha value is -1.27. The molecule has 1 N–H and O–H groups in total. The van der Waals surface area contributed by atoms with E-state index in [0.717, 1.165) is 6.42 Å². The average molecular weight is 345 g/mol. The quantitative estimate of drug-likeness (QED) is 0.887. The van der Waals surface area contributed by atoms with Crippen LogP contribution in [0, 0.1) is 0 Å². The van der Waals surface area contributed by atoms with Gasteiger partial charge in [0.25, 0.3) is 6.43 Å². The number of aryl methyl sites for hydroxylation is 1. The number of aliphatic hydroxyl groups is 1. The Bertz CT molecular complexity index is 569. The fourth-order valence-electron chi connectivity index (χ4n) is 2.02. The van der Waals surface area contributed by atoms with Gasteiger partial charge in [0.15, 0.2) is 0 Å². The number of benzene rings is 1. The zero-order valence-electron chi connectivity index (χ0n) is 10.9. The maximum Gasteiger partial charge on any atom is 0.263 e. The molecule has 0 radical (unpaired) electrons. The van der Waals surface area contributed by atoms with E-state index >= 15 is 0 Å². The van der Waals surface area contributed by atoms with Gasteiger partial charge in [0.2, 0.25) is 0 Å². The number of alkyl halides is 2. The highest BCUT2D eigenvalue weighted by Gasteiger charge is 2.19. The van der Waals surface area contributed by atoms with Crippen molar-refractivity contribution in [3.8, 4) is 0 Å². The van der Waals surface area contributed by atoms with E-state index in [-0.39, 0.29) is 5.56 Å². The summed E-state index contributed by atoms with van der Waals surface area (Å²) in [4.78, 5) is 0. The topological polar surface area (TPSA) is 38.0 Å². The highest BCUT2D eigenvalue weighted by atomic mass is 79.9. The van der Waals surface area contributed by atoms with Gasteiger partial charge in [0, 0.05) is 12.1 Å². The van der Waals surface area contributed by atoms with Crippen molar-refractivity contribution in [2.75, 3.05) is 0 Å². The third kappa shape index (κ3) is 3.07. The molecule has 1 aromatic heterocycles. The summed E-state index contributed by atoms with van der Waals surface area (Å²) in [5.74, 6) is 0. The van der Waals surface area contributed by atoms with Gasteiger partial charge in [0.05, 0.1) is 16.4 Å². The summed E-state index contributed by atoms with van der Waals surface area (Å²) in [7, 11) is 0. The molecule has 2 aromatic rings. The van der Waals surface area contributed by atoms with Crippen molar-refractivity contribution in [3.05, 3.63) is 51.8 Å². The van der Waals surface area contributed by atoms with Crippen LogP contribution in [0.25, 0.3) is 0 Å². The van der Waals surface area contributed by atoms with Gasteiger partial charge < -0.3 is 5.11 Å². The smallest absolute Gasteiger partial charge is 0.263 e. The third-order valence-corrected chi connectivity index (χ3v) is 3.64. The lowest BCUT2D eigenvalue weighted by molar-refractivity contribution is 0.151. The molecule has 3 nitrogen and oxygen atoms in total. The molecule has 0 bridgehead atoms. The van der Waals surface area contributed by atoms with E-state index in [1.807, 2.05) is 6.92 Å². The minimum atomic E-state index is -2.50. The first-order valence-corrected chi connectivity index (χ1v) is 7.11. The number of hydrogen-bond donors (Lipinski definition) is 1. The van der Waals surface area contributed by atoms with Crippen LogP contribution in [-0.4, -0.2) is 14.9 Å². The molecule has 108 valence electrons. The van der Waals surface area contributed by atoms with Crippen molar-refractivity contribution in [1.29, 1.82) is 0 Å². The van der Waals surface area contributed by atoms with Crippen molar-refractivity contribution >= 4 is 15.9 Å². The summed E-state index contributed by atoms with van der Waals surface area (Å²) in [5, 5.41) is 14.6. The average Bonchev–Trinajstić information content (AvgIpc) is 2.79. The van der Waals surface area contributed by atoms with Crippen molar-refractivity contribution in [3.63, 3.8) is 0 Å². The molecule has 0 saturated heterocycles. The highest BCUT2D eigenvalue weighted by Crippen LogP contribution is 2.30. The largest absolute Gasteiger partial charge is 0.382 e. The number of rotatable bonds is 5. The van der Waals surface area contributed by atoms with Gasteiger partial charge in [-0.05, 0) is 27.9 Å². The monoisotopic (exact) mass is 344 g/mol. The summed E-state index contributed by atoms with van der Waals surface area (Å²) < 4.78 is 27.5. The molecule has 1 aromatic carbocycles. The molecule has 0 aliphatic heterocycles. The lowest BCUT2D eigenvalue weighted by Crippen LogP contribution is -2.10. The molecule has 0 fully saturated rings. The molecule has 0 spiro atoms. The Morgan fingerprint density at radius 2 is 1.85 bits per heavy atom. The SMILES string of the molecule is CCCn1ncc(Br)c1C(O)c1ccc(C(F)F)cc1. The number of hydrogen-bond acceptors (Lipinski definition) is 2. The van der Waals surface area contributed by atoms with Crippen LogP contribution in [0.3, 0.4) is 0 Å². The molecule has 0 saturated carbocycles. The summed E-state index contributed by atoms with van der Waals surface area (Å²) in [6, 6.07) is 5.69. The third-order valence-electron chi connectivity index (χ3n) is 3.03. The van der Waals surface area contributed by atoms with E-state index in [1.165, 1.54) is 24.3 Å². The first kappa shape index (κ1) is 15.1. The molecular formula is C14H15BrF2N2O. The van der Waals surface area contributed by atoms with Gasteiger partial charge in [-0.15, -0.1) is 0 Å². The Kier molecular flexibility index (Phi) is 4.88. The molecule has 20 heavy (non-hydrogen) atoms. The standard InChI is InChI=1S/C14H15BrF2N2O/c1-2-7-19-12(11(15)8-18-19)13(20)9-3-5-10(6-4-9)14(16)17/h3-6,8,13-14,20H,2,7H2,1H3. The summed E-state index contributed by atoms with van der Waals surface area (Å²) >= 11 is 3.36. The van der Waals surface area contributed by atoms with Crippen LogP contribution in [0.5, 0.6) is 0 Å². The molecule has 1 atom stereocenters. The number of nitrogens with zero attached hydrogens (tertiary/aromatic N) is 2. The van der Waals surface area contributed by atoms with Gasteiger partial charge in [-0.1, -0.05) is 31.2 Å². The van der Waals surface area contributed by atoms with E-state index in [1.54, 1.807) is 10.9 Å². The lowest BCUT2D eigenvalue weighted by atomic mass is 10.0. The molecule has 6 heteroatoms. The molecule has 0 amide bonds. The maximum atomic E-state index is 12.5. The van der Waals surface area contributed by atoms with Crippen LogP contribution < -0.4 is 0 Å². The minimum absolute atomic E-state index is 0.0536. The van der Waals surface area contributed by atoms with E-state index in [0.29, 0.717) is 22.3 Å². The highest BCUT2D eigenvalue weighted by molar-refractivity contribution is 9.10. The van der Waals surface area contributed by atoms with Crippen LogP contribution in [0.4, 0.5) is 8.78 Å². The molecule has 0 aliphatic carbocycles. The first-order chi connectivity index (χ1) is 9.54. The predicted octanol–water partition coefficient (Wildman–Crippen LogP) is 4.07. The van der Waals surface area contributed by atoms with Crippen LogP contribution in [0.15, 0.2) is 34.9 Å². The second-order valence-corrected chi connectivity index (χ2v) is 5.33. The van der Waals surface area contributed by atoms with E-state index < -0.39 is 12.5 Å². The minimum Gasteiger partial charge on any atom is -0.382 e. The maximum absolute atomic E-state index is 12.5. The second kappa shape index (κ2) is 6.45. The molecule has 0 aliphatic rings. The zero-order chi connectivity index (χ0) is 14.7. The van der Waals surface area contributed by atoms with Crippen LogP contribution in [0.2, 0.25) is 0 Å². The zero-order valence-corrected chi connectivity index (χ0v) is 12.5. The normalized spacial score (nSPS) is 12.9. The summed E-state index contributed by atoms with van der Waals surface area (Å²) in [6.45, 7) is 2.70. The Labute approximate surface area is 124 Å². The fourth-order valence-corrected chi connectivity index (χ4v) is 2.53. The van der Waals surface area contributed by atoms with Crippen molar-refractivity contribution in [2.24, 2.45) is 0 Å². The first-order valence-electron chi connectivity index (χ1n) is 6.31. The molecule has 2 rings (SSSR count). The van der Waals surface area contributed by atoms with E-state index in [2.05, 4.69) is 21.0 Å². The van der Waals surface area contributed by atoms with Crippen LogP contribution >= 0.6 is 15.9 Å². The van der Waals surface area contributed by atoms with Gasteiger partial charge in [-0.3, -0.25) is 4.68 Å². The van der Waals surface area contributed by atoms with Gasteiger partial charge in [0.1, 0.15) is 6.10 Å². The van der Waals surface area contributed by atoms with E-state index in [4.69, 9.17) is 0 Å². The number of aliphatic hydroxyl groups excluding tert-OH is 1. The van der Waals surface area contributed by atoms with Crippen molar-refractivity contribution in [1.82, 2.24) is 9.78 Å². The van der Waals surface area contributed by atoms with Gasteiger partial charge in [-0.25, -0.2) is 8.78 Å². The van der Waals surface area contributed by atoms with E-state index in [9.17, 15) is 13.9 Å². The van der Waals surface area contributed by atoms with Gasteiger partial charge >= 0.3 is 0 Å².